The van der Waals surface area contributed by atoms with E-state index < -0.39 is 5.63 Å². The maximum Gasteiger partial charge on any atom is 0.349 e. The number of nitrogens with one attached hydrogen (secondary N) is 1. The number of H-pyrrole nitrogens is 1. The van der Waals surface area contributed by atoms with Crippen molar-refractivity contribution >= 4 is 5.91 Å². The maximum absolute atomic E-state index is 13.1. The number of rotatable bonds is 5. The summed E-state index contributed by atoms with van der Waals surface area (Å²) < 4.78 is 5.47. The summed E-state index contributed by atoms with van der Waals surface area (Å²) in [7, 11) is 0. The summed E-state index contributed by atoms with van der Waals surface area (Å²) in [5, 5.41) is 7.68. The van der Waals surface area contributed by atoms with E-state index in [1.165, 1.54) is 24.1 Å². The molecule has 2 aromatic heterocycles. The fourth-order valence-corrected chi connectivity index (χ4v) is 4.05. The zero-order chi connectivity index (χ0) is 19.8. The van der Waals surface area contributed by atoms with E-state index in [0.29, 0.717) is 36.2 Å². The number of carbonyl (C=O) groups excluding carboxylic acids is 1. The van der Waals surface area contributed by atoms with Gasteiger partial charge in [0.1, 0.15) is 11.3 Å². The molecule has 6 heteroatoms. The van der Waals surface area contributed by atoms with Crippen molar-refractivity contribution in [2.45, 2.75) is 65.2 Å². The Kier molecular flexibility index (Phi) is 5.13. The van der Waals surface area contributed by atoms with E-state index in [1.807, 2.05) is 13.0 Å². The van der Waals surface area contributed by atoms with E-state index in [9.17, 15) is 9.59 Å². The molecule has 0 spiro atoms. The quantitative estimate of drug-likeness (QED) is 0.858. The van der Waals surface area contributed by atoms with Crippen LogP contribution in [0.15, 0.2) is 15.3 Å². The van der Waals surface area contributed by atoms with Crippen LogP contribution in [0.1, 0.15) is 77.7 Å². The van der Waals surface area contributed by atoms with Gasteiger partial charge in [0.15, 0.2) is 0 Å². The highest BCUT2D eigenvalue weighted by Crippen LogP contribution is 2.41. The van der Waals surface area contributed by atoms with Crippen LogP contribution in [-0.2, 0) is 19.3 Å². The number of fused-ring (bicyclic) bond motifs is 1. The lowest BCUT2D eigenvalue weighted by Crippen LogP contribution is -2.36. The monoisotopic (exact) mass is 383 g/mol. The summed E-state index contributed by atoms with van der Waals surface area (Å²) >= 11 is 0. The normalized spacial score (nSPS) is 16.9. The van der Waals surface area contributed by atoms with Crippen molar-refractivity contribution in [3.8, 4) is 0 Å². The van der Waals surface area contributed by atoms with E-state index >= 15 is 0 Å². The molecule has 150 valence electrons. The van der Waals surface area contributed by atoms with Crippen molar-refractivity contribution < 1.29 is 9.21 Å². The molecule has 1 aliphatic carbocycles. The van der Waals surface area contributed by atoms with Crippen molar-refractivity contribution in [2.24, 2.45) is 5.92 Å². The highest BCUT2D eigenvalue weighted by molar-refractivity contribution is 5.95. The fourth-order valence-electron chi connectivity index (χ4n) is 4.05. The molecule has 1 amide bonds. The average Bonchev–Trinajstić information content (AvgIpc) is 3.44. The van der Waals surface area contributed by atoms with E-state index in [2.05, 4.69) is 24.0 Å². The molecule has 1 aliphatic heterocycles. The van der Waals surface area contributed by atoms with Crippen LogP contribution in [0.3, 0.4) is 0 Å². The first kappa shape index (κ1) is 19.0. The molecule has 0 atom stereocenters. The molecule has 0 bridgehead atoms. The SMILES string of the molecule is Cc1cc(CCC(C)C)oc(=O)c1C(=O)N1CCc2[nH]nc(C3CC3)c2CC1. The van der Waals surface area contributed by atoms with Gasteiger partial charge in [-0.15, -0.1) is 0 Å². The zero-order valence-electron chi connectivity index (χ0n) is 17.0. The molecule has 28 heavy (non-hydrogen) atoms. The highest BCUT2D eigenvalue weighted by atomic mass is 16.4. The summed E-state index contributed by atoms with van der Waals surface area (Å²) in [6.45, 7) is 7.31. The Bertz CT molecular complexity index is 937. The largest absolute Gasteiger partial charge is 0.427 e. The van der Waals surface area contributed by atoms with Crippen molar-refractivity contribution in [1.29, 1.82) is 0 Å². The molecule has 1 saturated carbocycles. The maximum atomic E-state index is 13.1. The lowest BCUT2D eigenvalue weighted by molar-refractivity contribution is 0.0756. The molecule has 2 aromatic rings. The smallest absolute Gasteiger partial charge is 0.349 e. The Hall–Kier alpha value is -2.37. The number of aryl methyl sites for hydroxylation is 2. The molecule has 0 radical (unpaired) electrons. The molecule has 3 heterocycles. The lowest BCUT2D eigenvalue weighted by atomic mass is 10.0. The van der Waals surface area contributed by atoms with Gasteiger partial charge in [-0.2, -0.15) is 5.10 Å². The average molecular weight is 383 g/mol. The molecule has 4 rings (SSSR count). The number of hydrogen-bond acceptors (Lipinski definition) is 4. The molecule has 1 N–H and O–H groups in total. The van der Waals surface area contributed by atoms with Gasteiger partial charge in [-0.05, 0) is 55.7 Å². The second kappa shape index (κ2) is 7.57. The first-order valence-corrected chi connectivity index (χ1v) is 10.4. The third-order valence-electron chi connectivity index (χ3n) is 5.88. The number of aromatic amines is 1. The fraction of sp³-hybridized carbons (Fsp3) is 0.591. The van der Waals surface area contributed by atoms with Crippen LogP contribution >= 0.6 is 0 Å². The van der Waals surface area contributed by atoms with Gasteiger partial charge in [0.2, 0.25) is 0 Å². The summed E-state index contributed by atoms with van der Waals surface area (Å²) in [6.07, 6.45) is 5.64. The Morgan fingerprint density at radius 2 is 2.07 bits per heavy atom. The number of nitrogens with zero attached hydrogens (tertiary/aromatic N) is 2. The summed E-state index contributed by atoms with van der Waals surface area (Å²) in [6, 6.07) is 1.85. The van der Waals surface area contributed by atoms with Gasteiger partial charge in [0.25, 0.3) is 5.91 Å². The van der Waals surface area contributed by atoms with E-state index in [-0.39, 0.29) is 11.5 Å². The number of aromatic nitrogens is 2. The molecule has 0 aromatic carbocycles. The minimum atomic E-state index is -0.508. The van der Waals surface area contributed by atoms with Crippen LogP contribution in [0.4, 0.5) is 0 Å². The Labute approximate surface area is 165 Å². The second-order valence-corrected chi connectivity index (χ2v) is 8.62. The Morgan fingerprint density at radius 3 is 2.75 bits per heavy atom. The topological polar surface area (TPSA) is 79.2 Å². The standard InChI is InChI=1S/C22H29N3O3/c1-13(2)4-7-16-12-14(3)19(22(27)28-16)21(26)25-10-8-17-18(9-11-25)23-24-20(17)15-5-6-15/h12-13,15H,4-11H2,1-3H3,(H,23,24). The van der Waals surface area contributed by atoms with Gasteiger partial charge >= 0.3 is 5.63 Å². The van der Waals surface area contributed by atoms with Crippen molar-refractivity contribution in [3.63, 3.8) is 0 Å². The Balaban J connectivity index is 1.51. The Morgan fingerprint density at radius 1 is 1.32 bits per heavy atom. The van der Waals surface area contributed by atoms with E-state index in [1.54, 1.807) is 4.90 Å². The molecule has 0 saturated heterocycles. The molecule has 1 fully saturated rings. The van der Waals surface area contributed by atoms with Crippen LogP contribution in [0.2, 0.25) is 0 Å². The minimum Gasteiger partial charge on any atom is -0.427 e. The predicted octanol–water partition coefficient (Wildman–Crippen LogP) is 3.38. The zero-order valence-corrected chi connectivity index (χ0v) is 17.0. The summed E-state index contributed by atoms with van der Waals surface area (Å²) in [5.74, 6) is 1.58. The van der Waals surface area contributed by atoms with Gasteiger partial charge in [0, 0.05) is 37.5 Å². The number of carbonyl (C=O) groups is 1. The third-order valence-corrected chi connectivity index (χ3v) is 5.88. The van der Waals surface area contributed by atoms with Gasteiger partial charge in [0.05, 0.1) is 5.69 Å². The number of hydrogen-bond donors (Lipinski definition) is 1. The van der Waals surface area contributed by atoms with Crippen molar-refractivity contribution in [2.75, 3.05) is 13.1 Å². The highest BCUT2D eigenvalue weighted by Gasteiger charge is 2.32. The predicted molar refractivity (Wildman–Crippen MR) is 107 cm³/mol. The van der Waals surface area contributed by atoms with Gasteiger partial charge in [-0.25, -0.2) is 4.79 Å². The molecular weight excluding hydrogens is 354 g/mol. The first-order chi connectivity index (χ1) is 13.4. The molecular formula is C22H29N3O3. The third kappa shape index (κ3) is 3.77. The first-order valence-electron chi connectivity index (χ1n) is 10.4. The summed E-state index contributed by atoms with van der Waals surface area (Å²) in [4.78, 5) is 27.5. The van der Waals surface area contributed by atoms with Crippen LogP contribution in [0, 0.1) is 12.8 Å². The van der Waals surface area contributed by atoms with Crippen LogP contribution < -0.4 is 5.63 Å². The van der Waals surface area contributed by atoms with E-state index in [0.717, 1.165) is 31.4 Å². The van der Waals surface area contributed by atoms with Gasteiger partial charge < -0.3 is 9.32 Å². The van der Waals surface area contributed by atoms with Crippen molar-refractivity contribution in [1.82, 2.24) is 15.1 Å². The number of amides is 1. The van der Waals surface area contributed by atoms with Crippen molar-refractivity contribution in [3.05, 3.63) is 50.3 Å². The second-order valence-electron chi connectivity index (χ2n) is 8.62. The van der Waals surface area contributed by atoms with Crippen LogP contribution in [0.25, 0.3) is 0 Å². The molecule has 2 aliphatic rings. The van der Waals surface area contributed by atoms with E-state index in [4.69, 9.17) is 4.42 Å². The minimum absolute atomic E-state index is 0.180. The van der Waals surface area contributed by atoms with Crippen LogP contribution in [-0.4, -0.2) is 34.1 Å². The summed E-state index contributed by atoms with van der Waals surface area (Å²) in [5.41, 5.74) is 4.00. The molecule has 6 nitrogen and oxygen atoms in total. The molecule has 0 unspecified atom stereocenters. The van der Waals surface area contributed by atoms with Crippen LogP contribution in [0.5, 0.6) is 0 Å². The van der Waals surface area contributed by atoms with Gasteiger partial charge in [-0.1, -0.05) is 13.8 Å². The van der Waals surface area contributed by atoms with Gasteiger partial charge in [-0.3, -0.25) is 9.89 Å². The lowest BCUT2D eigenvalue weighted by Gasteiger charge is -2.20.